The van der Waals surface area contributed by atoms with E-state index in [0.29, 0.717) is 6.04 Å². The molecule has 0 N–H and O–H groups in total. The van der Waals surface area contributed by atoms with Crippen LogP contribution in [0.3, 0.4) is 0 Å². The third-order valence-corrected chi connectivity index (χ3v) is 5.38. The second-order valence-corrected chi connectivity index (χ2v) is 7.90. The molecule has 146 valence electrons. The van der Waals surface area contributed by atoms with Crippen molar-refractivity contribution in [1.29, 1.82) is 0 Å². The number of aromatic nitrogens is 4. The van der Waals surface area contributed by atoms with Crippen LogP contribution in [-0.4, -0.2) is 9.13 Å². The number of rotatable bonds is 14. The van der Waals surface area contributed by atoms with Gasteiger partial charge in [0.15, 0.2) is 0 Å². The maximum Gasteiger partial charge on any atom is 0.243 e. The van der Waals surface area contributed by atoms with Crippen LogP contribution in [0.4, 0.5) is 0 Å². The predicted octanol–water partition coefficient (Wildman–Crippen LogP) is 4.49. The number of imidazole rings is 2. The number of hydrogen-bond donors (Lipinski definition) is 0. The molecule has 0 saturated carbocycles. The van der Waals surface area contributed by atoms with Crippen LogP contribution in [0.5, 0.6) is 0 Å². The minimum atomic E-state index is 0.639. The van der Waals surface area contributed by atoms with Gasteiger partial charge in [-0.3, -0.25) is 0 Å². The van der Waals surface area contributed by atoms with Gasteiger partial charge in [0.2, 0.25) is 12.7 Å². The third kappa shape index (κ3) is 7.76. The van der Waals surface area contributed by atoms with Crippen LogP contribution < -0.4 is 9.13 Å². The van der Waals surface area contributed by atoms with Crippen molar-refractivity contribution >= 4 is 0 Å². The highest BCUT2D eigenvalue weighted by molar-refractivity contribution is 4.76. The summed E-state index contributed by atoms with van der Waals surface area (Å²) in [4.78, 5) is 0. The minimum absolute atomic E-state index is 0.639. The Morgan fingerprint density at radius 3 is 1.96 bits per heavy atom. The first-order valence-corrected chi connectivity index (χ1v) is 10.7. The first-order chi connectivity index (χ1) is 12.7. The molecule has 0 spiro atoms. The van der Waals surface area contributed by atoms with Crippen LogP contribution in [0.2, 0.25) is 0 Å². The largest absolute Gasteiger partial charge is 0.243 e. The van der Waals surface area contributed by atoms with Gasteiger partial charge in [-0.25, -0.2) is 18.3 Å². The van der Waals surface area contributed by atoms with E-state index in [2.05, 4.69) is 76.7 Å². The summed E-state index contributed by atoms with van der Waals surface area (Å²) in [5.41, 5.74) is 0. The molecule has 0 saturated heterocycles. The maximum atomic E-state index is 2.43. The van der Waals surface area contributed by atoms with Crippen molar-refractivity contribution in [2.24, 2.45) is 14.1 Å². The number of aryl methyl sites for hydroxylation is 3. The Hall–Kier alpha value is -1.58. The van der Waals surface area contributed by atoms with Gasteiger partial charge in [0, 0.05) is 0 Å². The van der Waals surface area contributed by atoms with Crippen molar-refractivity contribution in [2.45, 2.75) is 90.1 Å². The maximum absolute atomic E-state index is 2.43. The summed E-state index contributed by atoms with van der Waals surface area (Å²) in [6.07, 6.45) is 28.1. The zero-order valence-corrected chi connectivity index (χ0v) is 17.3. The highest BCUT2D eigenvalue weighted by atomic mass is 15.1. The average molecular weight is 361 g/mol. The molecule has 2 heterocycles. The molecule has 4 heteroatoms. The topological polar surface area (TPSA) is 17.6 Å². The minimum Gasteiger partial charge on any atom is -0.240 e. The lowest BCUT2D eigenvalue weighted by Gasteiger charge is -2.13. The highest BCUT2D eigenvalue weighted by Crippen LogP contribution is 2.22. The summed E-state index contributed by atoms with van der Waals surface area (Å²) in [7, 11) is 4.20. The molecule has 0 bridgehead atoms. The van der Waals surface area contributed by atoms with E-state index in [4.69, 9.17) is 0 Å². The zero-order chi connectivity index (χ0) is 18.6. The Kier molecular flexibility index (Phi) is 9.51. The van der Waals surface area contributed by atoms with Gasteiger partial charge >= 0.3 is 0 Å². The van der Waals surface area contributed by atoms with Gasteiger partial charge in [-0.05, 0) is 25.7 Å². The summed E-state index contributed by atoms with van der Waals surface area (Å²) in [6.45, 7) is 3.40. The van der Waals surface area contributed by atoms with E-state index in [9.17, 15) is 0 Å². The Labute approximate surface area is 160 Å². The predicted molar refractivity (Wildman–Crippen MR) is 107 cm³/mol. The molecule has 0 aliphatic heterocycles. The molecule has 0 radical (unpaired) electrons. The van der Waals surface area contributed by atoms with Crippen LogP contribution in [0.15, 0.2) is 37.4 Å². The van der Waals surface area contributed by atoms with E-state index in [1.165, 1.54) is 70.6 Å². The lowest BCUT2D eigenvalue weighted by atomic mass is 10.0. The summed E-state index contributed by atoms with van der Waals surface area (Å²) in [6, 6.07) is 0.639. The van der Waals surface area contributed by atoms with Crippen LogP contribution in [0, 0.1) is 0 Å². The molecule has 1 atom stereocenters. The van der Waals surface area contributed by atoms with Crippen molar-refractivity contribution in [1.82, 2.24) is 9.13 Å². The molecule has 0 amide bonds. The van der Waals surface area contributed by atoms with E-state index in [0.717, 1.165) is 6.54 Å². The van der Waals surface area contributed by atoms with Crippen LogP contribution in [-0.2, 0) is 20.6 Å². The SMILES string of the molecule is CCCCCCCCCCC(CCCn1cc[n+](C)c1)n1cc[n+](C)c1. The molecular formula is C22H40N4+2. The van der Waals surface area contributed by atoms with Crippen molar-refractivity contribution in [3.05, 3.63) is 37.4 Å². The lowest BCUT2D eigenvalue weighted by molar-refractivity contribution is -0.671. The molecule has 1 unspecified atom stereocenters. The van der Waals surface area contributed by atoms with Gasteiger partial charge in [0.05, 0.1) is 20.6 Å². The first kappa shape index (κ1) is 20.7. The van der Waals surface area contributed by atoms with Crippen LogP contribution >= 0.6 is 0 Å². The van der Waals surface area contributed by atoms with E-state index in [1.54, 1.807) is 0 Å². The molecule has 2 aromatic heterocycles. The number of unbranched alkanes of at least 4 members (excludes halogenated alkanes) is 7. The number of nitrogens with zero attached hydrogens (tertiary/aromatic N) is 4. The molecule has 0 fully saturated rings. The van der Waals surface area contributed by atoms with E-state index in [-0.39, 0.29) is 0 Å². The van der Waals surface area contributed by atoms with Crippen LogP contribution in [0.25, 0.3) is 0 Å². The third-order valence-electron chi connectivity index (χ3n) is 5.38. The zero-order valence-electron chi connectivity index (χ0n) is 17.3. The van der Waals surface area contributed by atoms with Crippen molar-refractivity contribution < 1.29 is 9.13 Å². The smallest absolute Gasteiger partial charge is 0.240 e. The second kappa shape index (κ2) is 11.9. The van der Waals surface area contributed by atoms with E-state index < -0.39 is 0 Å². The average Bonchev–Trinajstić information content (AvgIpc) is 3.24. The van der Waals surface area contributed by atoms with Gasteiger partial charge in [-0.2, -0.15) is 0 Å². The molecular weight excluding hydrogens is 320 g/mol. The molecule has 4 nitrogen and oxygen atoms in total. The summed E-state index contributed by atoms with van der Waals surface area (Å²) < 4.78 is 9.00. The van der Waals surface area contributed by atoms with E-state index in [1.807, 2.05) is 0 Å². The monoisotopic (exact) mass is 360 g/mol. The fraction of sp³-hybridized carbons (Fsp3) is 0.727. The van der Waals surface area contributed by atoms with Crippen LogP contribution in [0.1, 0.15) is 83.6 Å². The molecule has 26 heavy (non-hydrogen) atoms. The van der Waals surface area contributed by atoms with Crippen molar-refractivity contribution in [3.8, 4) is 0 Å². The van der Waals surface area contributed by atoms with Gasteiger partial charge < -0.3 is 0 Å². The van der Waals surface area contributed by atoms with E-state index >= 15 is 0 Å². The Morgan fingerprint density at radius 2 is 1.35 bits per heavy atom. The number of hydrogen-bond acceptors (Lipinski definition) is 0. The highest BCUT2D eigenvalue weighted by Gasteiger charge is 2.16. The summed E-state index contributed by atoms with van der Waals surface area (Å²) >= 11 is 0. The Bertz CT molecular complexity index is 599. The summed E-state index contributed by atoms with van der Waals surface area (Å²) in [5, 5.41) is 0. The molecule has 0 aliphatic carbocycles. The first-order valence-electron chi connectivity index (χ1n) is 10.7. The molecule has 2 rings (SSSR count). The fourth-order valence-electron chi connectivity index (χ4n) is 3.79. The quantitative estimate of drug-likeness (QED) is 0.349. The lowest BCUT2D eigenvalue weighted by Crippen LogP contribution is -2.24. The fourth-order valence-corrected chi connectivity index (χ4v) is 3.79. The molecule has 0 aliphatic rings. The van der Waals surface area contributed by atoms with Gasteiger partial charge in [0.1, 0.15) is 30.8 Å². The van der Waals surface area contributed by atoms with Gasteiger partial charge in [0.25, 0.3) is 0 Å². The molecule has 0 aromatic carbocycles. The normalized spacial score (nSPS) is 12.6. The standard InChI is InChI=1S/C22H40N4/c1-4-5-6-7-8-9-10-11-13-22(26-19-17-24(3)21-26)14-12-15-25-18-16-23(2)20-25/h16-22H,4-15H2,1-3H3/q+2. The van der Waals surface area contributed by atoms with Crippen molar-refractivity contribution in [2.75, 3.05) is 0 Å². The summed E-state index contributed by atoms with van der Waals surface area (Å²) in [5.74, 6) is 0. The Morgan fingerprint density at radius 1 is 0.731 bits per heavy atom. The van der Waals surface area contributed by atoms with Gasteiger partial charge in [-0.1, -0.05) is 51.9 Å². The van der Waals surface area contributed by atoms with Crippen molar-refractivity contribution in [3.63, 3.8) is 0 Å². The van der Waals surface area contributed by atoms with Gasteiger partial charge in [-0.15, -0.1) is 0 Å². The molecule has 2 aromatic rings. The Balaban J connectivity index is 1.70. The second-order valence-electron chi connectivity index (χ2n) is 7.90.